The lowest BCUT2D eigenvalue weighted by atomic mass is 9.93. The van der Waals surface area contributed by atoms with Crippen molar-refractivity contribution < 1.29 is 27.9 Å². The van der Waals surface area contributed by atoms with Crippen LogP contribution in [0, 0.1) is 11.6 Å². The minimum atomic E-state index is -0.701. The number of carbonyl (C=O) groups is 1. The lowest BCUT2D eigenvalue weighted by molar-refractivity contribution is -0.143. The van der Waals surface area contributed by atoms with E-state index in [9.17, 15) is 13.6 Å². The molecule has 2 aliphatic rings. The van der Waals surface area contributed by atoms with Gasteiger partial charge in [-0.1, -0.05) is 0 Å². The van der Waals surface area contributed by atoms with Gasteiger partial charge >= 0.3 is 5.97 Å². The molecule has 3 heterocycles. The Hall–Kier alpha value is -2.40. The first-order valence-corrected chi connectivity index (χ1v) is 10.9. The highest BCUT2D eigenvalue weighted by molar-refractivity contribution is 5.85. The van der Waals surface area contributed by atoms with Crippen LogP contribution in [0.4, 0.5) is 8.78 Å². The first kappa shape index (κ1) is 23.7. The molecule has 1 N–H and O–H groups in total. The zero-order chi connectivity index (χ0) is 23.9. The van der Waals surface area contributed by atoms with E-state index in [1.165, 1.54) is 13.2 Å². The first-order valence-electron chi connectivity index (χ1n) is 10.9. The highest BCUT2D eigenvalue weighted by Crippen LogP contribution is 2.35. The molecule has 180 valence electrons. The van der Waals surface area contributed by atoms with Crippen LogP contribution in [0.5, 0.6) is 0 Å². The second-order valence-corrected chi connectivity index (χ2v) is 9.53. The van der Waals surface area contributed by atoms with E-state index in [1.807, 2.05) is 20.8 Å². The highest BCUT2D eigenvalue weighted by atomic mass is 19.1. The maximum absolute atomic E-state index is 14.5. The summed E-state index contributed by atoms with van der Waals surface area (Å²) in [5.74, 6) is -1.23. The van der Waals surface area contributed by atoms with Crippen molar-refractivity contribution in [2.24, 2.45) is 7.05 Å². The Balaban J connectivity index is 1.52. The Morgan fingerprint density at radius 2 is 2.03 bits per heavy atom. The fourth-order valence-corrected chi connectivity index (χ4v) is 4.36. The highest BCUT2D eigenvalue weighted by Gasteiger charge is 2.40. The van der Waals surface area contributed by atoms with Crippen molar-refractivity contribution in [3.63, 3.8) is 0 Å². The Morgan fingerprint density at radius 1 is 1.27 bits per heavy atom. The Kier molecular flexibility index (Phi) is 6.54. The molecule has 0 saturated carbocycles. The molecule has 10 heteroatoms. The number of esters is 1. The van der Waals surface area contributed by atoms with Gasteiger partial charge in [-0.05, 0) is 45.4 Å². The van der Waals surface area contributed by atoms with Gasteiger partial charge in [0.25, 0.3) is 0 Å². The molecular weight excluding hydrogens is 434 g/mol. The fourth-order valence-electron chi connectivity index (χ4n) is 4.36. The van der Waals surface area contributed by atoms with Crippen molar-refractivity contribution >= 4 is 5.97 Å². The molecule has 1 aromatic heterocycles. The quantitative estimate of drug-likeness (QED) is 0.538. The van der Waals surface area contributed by atoms with Gasteiger partial charge in [-0.25, -0.2) is 18.6 Å². The zero-order valence-corrected chi connectivity index (χ0v) is 19.5. The van der Waals surface area contributed by atoms with Crippen LogP contribution >= 0.6 is 0 Å². The number of imidazole rings is 1. The average Bonchev–Trinajstić information content (AvgIpc) is 3.32. The third-order valence-corrected chi connectivity index (χ3v) is 6.03. The van der Waals surface area contributed by atoms with Crippen LogP contribution in [0.1, 0.15) is 60.9 Å². The van der Waals surface area contributed by atoms with Crippen molar-refractivity contribution in [3.8, 4) is 0 Å². The molecule has 2 aromatic rings. The molecule has 2 aliphatic heterocycles. The van der Waals surface area contributed by atoms with Gasteiger partial charge in [0.2, 0.25) is 5.82 Å². The summed E-state index contributed by atoms with van der Waals surface area (Å²) in [5.41, 5.74) is 4.51. The molecular formula is C23H30F2N4O4. The molecule has 0 bridgehead atoms. The van der Waals surface area contributed by atoms with E-state index in [-0.39, 0.29) is 17.4 Å². The third kappa shape index (κ3) is 4.93. The van der Waals surface area contributed by atoms with Crippen molar-refractivity contribution in [3.05, 3.63) is 52.6 Å². The third-order valence-electron chi connectivity index (χ3n) is 6.03. The number of hydrogen-bond acceptors (Lipinski definition) is 7. The molecule has 0 unspecified atom stereocenters. The second-order valence-electron chi connectivity index (χ2n) is 9.53. The van der Waals surface area contributed by atoms with Crippen LogP contribution in [0.25, 0.3) is 0 Å². The minimum Gasteiger partial charge on any atom is -0.463 e. The van der Waals surface area contributed by atoms with E-state index < -0.39 is 35.4 Å². The predicted octanol–water partition coefficient (Wildman–Crippen LogP) is 3.02. The van der Waals surface area contributed by atoms with Crippen molar-refractivity contribution in [2.45, 2.75) is 64.1 Å². The van der Waals surface area contributed by atoms with Gasteiger partial charge in [0.1, 0.15) is 17.7 Å². The summed E-state index contributed by atoms with van der Waals surface area (Å²) in [6.45, 7) is 7.20. The molecule has 8 nitrogen and oxygen atoms in total. The SMILES string of the molecule is COC(=O)c1nc2c(n1C)CN([C@H]1CO[C@H](c3cc(F)ccc3F)[C@@H](NOC(C)(C)C)C1)C2. The van der Waals surface area contributed by atoms with E-state index in [1.54, 1.807) is 11.6 Å². The number of halogens is 2. The summed E-state index contributed by atoms with van der Waals surface area (Å²) in [6.07, 6.45) is -0.109. The van der Waals surface area contributed by atoms with Gasteiger partial charge in [-0.15, -0.1) is 0 Å². The lowest BCUT2D eigenvalue weighted by Crippen LogP contribution is -2.51. The van der Waals surface area contributed by atoms with E-state index in [4.69, 9.17) is 14.3 Å². The zero-order valence-electron chi connectivity index (χ0n) is 19.5. The number of methoxy groups -OCH3 is 1. The number of rotatable bonds is 5. The summed E-state index contributed by atoms with van der Waals surface area (Å²) < 4.78 is 41.1. The molecule has 3 atom stereocenters. The molecule has 4 rings (SSSR count). The van der Waals surface area contributed by atoms with Crippen LogP contribution in [-0.2, 0) is 34.4 Å². The van der Waals surface area contributed by atoms with Gasteiger partial charge in [-0.3, -0.25) is 9.74 Å². The molecule has 0 amide bonds. The monoisotopic (exact) mass is 464 g/mol. The molecule has 0 aliphatic carbocycles. The average molecular weight is 465 g/mol. The van der Waals surface area contributed by atoms with E-state index in [2.05, 4.69) is 15.4 Å². The summed E-state index contributed by atoms with van der Waals surface area (Å²) in [5, 5.41) is 0. The summed E-state index contributed by atoms with van der Waals surface area (Å²) in [7, 11) is 3.13. The predicted molar refractivity (Wildman–Crippen MR) is 115 cm³/mol. The molecule has 1 saturated heterocycles. The van der Waals surface area contributed by atoms with Crippen LogP contribution in [-0.4, -0.2) is 51.8 Å². The van der Waals surface area contributed by atoms with Gasteiger partial charge in [0.05, 0.1) is 36.7 Å². The van der Waals surface area contributed by atoms with E-state index in [0.29, 0.717) is 26.1 Å². The Morgan fingerprint density at radius 3 is 2.70 bits per heavy atom. The van der Waals surface area contributed by atoms with Crippen LogP contribution in [0.15, 0.2) is 18.2 Å². The molecule has 0 radical (unpaired) electrons. The lowest BCUT2D eigenvalue weighted by Gasteiger charge is -2.41. The summed E-state index contributed by atoms with van der Waals surface area (Å²) in [4.78, 5) is 24.4. The normalized spacial score (nSPS) is 23.5. The smallest absolute Gasteiger partial charge is 0.374 e. The number of aromatic nitrogens is 2. The first-order chi connectivity index (χ1) is 15.6. The fraction of sp³-hybridized carbons (Fsp3) is 0.565. The van der Waals surface area contributed by atoms with Gasteiger partial charge in [-0.2, -0.15) is 5.48 Å². The maximum Gasteiger partial charge on any atom is 0.374 e. The van der Waals surface area contributed by atoms with E-state index >= 15 is 0 Å². The Labute approximate surface area is 191 Å². The molecule has 1 fully saturated rings. The van der Waals surface area contributed by atoms with E-state index in [0.717, 1.165) is 23.5 Å². The topological polar surface area (TPSA) is 77.9 Å². The maximum atomic E-state index is 14.5. The summed E-state index contributed by atoms with van der Waals surface area (Å²) >= 11 is 0. The minimum absolute atomic E-state index is 0.00489. The molecule has 0 spiro atoms. The standard InChI is InChI=1S/C23H30F2N4O4/c1-23(2,3)33-27-17-9-14(12-32-20(17)15-8-13(24)6-7-16(15)25)29-10-18-19(11-29)28(4)21(26-18)22(30)31-5/h6-8,14,17,20,27H,9-12H2,1-5H3/t14-,17+,20-/m1/s1. The van der Waals surface area contributed by atoms with Gasteiger partial charge < -0.3 is 14.0 Å². The van der Waals surface area contributed by atoms with Crippen molar-refractivity contribution in [1.29, 1.82) is 0 Å². The number of nitrogens with zero attached hydrogens (tertiary/aromatic N) is 3. The largest absolute Gasteiger partial charge is 0.463 e. The number of nitrogens with one attached hydrogen (secondary N) is 1. The summed E-state index contributed by atoms with van der Waals surface area (Å²) in [6, 6.07) is 2.98. The van der Waals surface area contributed by atoms with Crippen LogP contribution in [0.2, 0.25) is 0 Å². The number of benzene rings is 1. The number of carbonyl (C=O) groups excluding carboxylic acids is 1. The molecule has 33 heavy (non-hydrogen) atoms. The number of fused-ring (bicyclic) bond motifs is 1. The van der Waals surface area contributed by atoms with Gasteiger partial charge in [0, 0.05) is 31.7 Å². The van der Waals surface area contributed by atoms with Crippen LogP contribution < -0.4 is 5.48 Å². The molecule has 1 aromatic carbocycles. The van der Waals surface area contributed by atoms with Gasteiger partial charge in [0.15, 0.2) is 0 Å². The Bertz CT molecular complexity index is 1040. The number of hydrogen-bond donors (Lipinski definition) is 1. The second kappa shape index (κ2) is 9.09. The van der Waals surface area contributed by atoms with Crippen molar-refractivity contribution in [2.75, 3.05) is 13.7 Å². The van der Waals surface area contributed by atoms with Crippen molar-refractivity contribution in [1.82, 2.24) is 19.9 Å². The van der Waals surface area contributed by atoms with Crippen LogP contribution in [0.3, 0.4) is 0 Å². The number of hydroxylamine groups is 1. The number of ether oxygens (including phenoxy) is 2.